The molecule has 0 unspecified atom stereocenters. The lowest BCUT2D eigenvalue weighted by atomic mass is 10.1. The van der Waals surface area contributed by atoms with Gasteiger partial charge in [0.15, 0.2) is 34.8 Å². The summed E-state index contributed by atoms with van der Waals surface area (Å²) >= 11 is 0. The fourth-order valence-electron chi connectivity index (χ4n) is 4.07. The minimum absolute atomic E-state index is 0.0434. The number of benzene rings is 1. The van der Waals surface area contributed by atoms with Crippen LogP contribution >= 0.6 is 0 Å². The van der Waals surface area contributed by atoms with Gasteiger partial charge in [-0.3, -0.25) is 19.5 Å². The van der Waals surface area contributed by atoms with E-state index < -0.39 is 35.4 Å². The summed E-state index contributed by atoms with van der Waals surface area (Å²) < 4.78 is 11.7. The Balaban J connectivity index is 1.27. The summed E-state index contributed by atoms with van der Waals surface area (Å²) in [6.07, 6.45) is -2.45. The fourth-order valence-corrected chi connectivity index (χ4v) is 4.07. The molecular weight excluding hydrogens is 492 g/mol. The number of anilines is 2. The van der Waals surface area contributed by atoms with Gasteiger partial charge in [0.1, 0.15) is 18.5 Å². The van der Waals surface area contributed by atoms with Crippen LogP contribution < -0.4 is 16.0 Å². The smallest absolute Gasteiger partial charge is 0.300 e. The van der Waals surface area contributed by atoms with Crippen molar-refractivity contribution in [3.05, 3.63) is 34.9 Å². The lowest BCUT2D eigenvalue weighted by Crippen LogP contribution is -2.42. The number of likely N-dealkylation sites (N-methyl/N-ethyl adjacent to an activating group) is 1. The second-order valence-corrected chi connectivity index (χ2v) is 8.07. The van der Waals surface area contributed by atoms with Crippen molar-refractivity contribution in [1.82, 2.24) is 35.1 Å². The van der Waals surface area contributed by atoms with Crippen LogP contribution in [0.1, 0.15) is 13.2 Å². The third-order valence-corrected chi connectivity index (χ3v) is 5.80. The summed E-state index contributed by atoms with van der Waals surface area (Å²) in [4.78, 5) is 35.5. The Morgan fingerprint density at radius 3 is 2.68 bits per heavy atom. The molecule has 1 aliphatic heterocycles. The average molecular weight is 514 g/mol. The number of nitrogens with zero attached hydrogens (tertiary/aromatic N) is 7. The summed E-state index contributed by atoms with van der Waals surface area (Å²) in [5.74, 6) is -0.132. The first kappa shape index (κ1) is 24.2. The van der Waals surface area contributed by atoms with E-state index in [-0.39, 0.29) is 16.7 Å². The van der Waals surface area contributed by atoms with Gasteiger partial charge >= 0.3 is 5.69 Å². The van der Waals surface area contributed by atoms with Crippen molar-refractivity contribution in [2.45, 2.75) is 31.5 Å². The first-order valence-corrected chi connectivity index (χ1v) is 11.2. The highest BCUT2D eigenvalue weighted by Gasteiger charge is 2.47. The number of imidazole rings is 1. The Morgan fingerprint density at radius 2 is 1.89 bits per heavy atom. The van der Waals surface area contributed by atoms with Gasteiger partial charge in [-0.15, -0.1) is 0 Å². The zero-order valence-electron chi connectivity index (χ0n) is 19.3. The van der Waals surface area contributed by atoms with Crippen molar-refractivity contribution < 1.29 is 29.3 Å². The molecule has 0 spiro atoms. The number of carbonyl (C=O) groups is 1. The maximum atomic E-state index is 12.2. The maximum Gasteiger partial charge on any atom is 0.300 e. The molecule has 1 amide bonds. The number of aromatic nitrogens is 6. The molecule has 1 aliphatic rings. The average Bonchev–Trinajstić information content (AvgIpc) is 3.60. The maximum absolute atomic E-state index is 12.2. The summed E-state index contributed by atoms with van der Waals surface area (Å²) in [5, 5.41) is 48.1. The second-order valence-electron chi connectivity index (χ2n) is 8.07. The molecule has 1 aromatic carbocycles. The number of rotatable bonds is 9. The van der Waals surface area contributed by atoms with E-state index in [2.05, 4.69) is 45.8 Å². The zero-order chi connectivity index (χ0) is 26.1. The van der Waals surface area contributed by atoms with Gasteiger partial charge in [-0.05, 0) is 23.3 Å². The summed E-state index contributed by atoms with van der Waals surface area (Å²) in [6.45, 7) is 2.82. The van der Waals surface area contributed by atoms with Gasteiger partial charge in [0.2, 0.25) is 5.52 Å². The Bertz CT molecular complexity index is 1460. The standard InChI is InChI=1S/C20H22N10O7/c1-2-21-19(33)16-14(31)15(32)20(36-16)29-8-26-13-17(24-7-25-18(13)29)23-6-5-22-9-3-4-10(30(34)35)12-11(9)27-37-28-12/h3-4,7-8,14-16,20,22,31-32H,2,5-6H2,1H3,(H,21,33)(H,23,24,25)/t14-,15+,16-,20+/m0/s1. The molecule has 1 fully saturated rings. The largest absolute Gasteiger partial charge is 0.387 e. The van der Waals surface area contributed by atoms with E-state index in [1.807, 2.05) is 0 Å². The molecule has 1 saturated heterocycles. The van der Waals surface area contributed by atoms with E-state index in [0.717, 1.165) is 0 Å². The van der Waals surface area contributed by atoms with Crippen molar-refractivity contribution in [1.29, 1.82) is 0 Å². The Labute approximate surface area is 207 Å². The number of nitrogens with one attached hydrogen (secondary N) is 3. The fraction of sp³-hybridized carbons (Fsp3) is 0.400. The van der Waals surface area contributed by atoms with Crippen LogP contribution in [0.25, 0.3) is 22.2 Å². The van der Waals surface area contributed by atoms with Crippen LogP contribution in [0.3, 0.4) is 0 Å². The third-order valence-electron chi connectivity index (χ3n) is 5.80. The molecule has 5 rings (SSSR count). The van der Waals surface area contributed by atoms with Gasteiger partial charge in [-0.25, -0.2) is 19.6 Å². The quantitative estimate of drug-likeness (QED) is 0.108. The van der Waals surface area contributed by atoms with E-state index in [4.69, 9.17) is 4.74 Å². The number of ether oxygens (including phenoxy) is 1. The highest BCUT2D eigenvalue weighted by atomic mass is 16.6. The normalized spacial score (nSPS) is 21.4. The van der Waals surface area contributed by atoms with Crippen LogP contribution in [0.2, 0.25) is 0 Å². The molecule has 4 aromatic rings. The molecule has 0 saturated carbocycles. The minimum Gasteiger partial charge on any atom is -0.387 e. The summed E-state index contributed by atoms with van der Waals surface area (Å²) in [7, 11) is 0. The Morgan fingerprint density at radius 1 is 1.11 bits per heavy atom. The number of hydrogen-bond donors (Lipinski definition) is 5. The van der Waals surface area contributed by atoms with Gasteiger partial charge in [-0.1, -0.05) is 0 Å². The number of fused-ring (bicyclic) bond motifs is 2. The van der Waals surface area contributed by atoms with Crippen LogP contribution in [-0.2, 0) is 9.53 Å². The van der Waals surface area contributed by atoms with Gasteiger partial charge in [0.05, 0.1) is 16.9 Å². The SMILES string of the molecule is CCNC(=O)[C@H]1O[C@@H](n2cnc3c(NCCNc4ccc([N+](=O)[O-])c5nonc45)ncnc32)[C@H](O)[C@@H]1O. The lowest BCUT2D eigenvalue weighted by molar-refractivity contribution is -0.383. The van der Waals surface area contributed by atoms with Crippen LogP contribution in [0.5, 0.6) is 0 Å². The molecule has 0 bridgehead atoms. The van der Waals surface area contributed by atoms with Crippen molar-refractivity contribution in [3.8, 4) is 0 Å². The molecule has 5 N–H and O–H groups in total. The molecule has 0 aliphatic carbocycles. The number of aliphatic hydroxyl groups is 2. The Kier molecular flexibility index (Phi) is 6.47. The molecular formula is C20H22N10O7. The molecule has 3 aromatic heterocycles. The monoisotopic (exact) mass is 514 g/mol. The summed E-state index contributed by atoms with van der Waals surface area (Å²) in [5.41, 5.74) is 1.28. The summed E-state index contributed by atoms with van der Waals surface area (Å²) in [6, 6.07) is 2.83. The number of hydrogen-bond acceptors (Lipinski definition) is 14. The van der Waals surface area contributed by atoms with Crippen LogP contribution in [0.15, 0.2) is 29.4 Å². The molecule has 4 atom stereocenters. The van der Waals surface area contributed by atoms with E-state index in [1.165, 1.54) is 29.4 Å². The van der Waals surface area contributed by atoms with E-state index in [9.17, 15) is 25.1 Å². The Hall–Kier alpha value is -4.48. The van der Waals surface area contributed by atoms with E-state index in [1.54, 1.807) is 6.92 Å². The predicted octanol–water partition coefficient (Wildman–Crippen LogP) is -0.450. The number of nitro benzene ring substituents is 1. The first-order valence-electron chi connectivity index (χ1n) is 11.2. The molecule has 17 heteroatoms. The van der Waals surface area contributed by atoms with E-state index in [0.29, 0.717) is 42.3 Å². The van der Waals surface area contributed by atoms with Crippen molar-refractivity contribution in [3.63, 3.8) is 0 Å². The molecule has 4 heterocycles. The van der Waals surface area contributed by atoms with Crippen molar-refractivity contribution in [2.24, 2.45) is 0 Å². The highest BCUT2D eigenvalue weighted by Crippen LogP contribution is 2.32. The molecule has 0 radical (unpaired) electrons. The molecule has 17 nitrogen and oxygen atoms in total. The number of amides is 1. The van der Waals surface area contributed by atoms with Crippen molar-refractivity contribution in [2.75, 3.05) is 30.3 Å². The molecule has 194 valence electrons. The van der Waals surface area contributed by atoms with Gasteiger partial charge in [-0.2, -0.15) is 0 Å². The van der Waals surface area contributed by atoms with Crippen molar-refractivity contribution >= 4 is 45.3 Å². The first-order chi connectivity index (χ1) is 17.9. The van der Waals surface area contributed by atoms with Gasteiger partial charge < -0.3 is 30.9 Å². The van der Waals surface area contributed by atoms with Crippen LogP contribution in [-0.4, -0.2) is 88.8 Å². The highest BCUT2D eigenvalue weighted by molar-refractivity contribution is 5.93. The second kappa shape index (κ2) is 9.88. The number of non-ortho nitro benzene ring substituents is 1. The lowest BCUT2D eigenvalue weighted by Gasteiger charge is -2.16. The van der Waals surface area contributed by atoms with Crippen LogP contribution in [0, 0.1) is 10.1 Å². The van der Waals surface area contributed by atoms with E-state index >= 15 is 0 Å². The topological polar surface area (TPSA) is 229 Å². The predicted molar refractivity (Wildman–Crippen MR) is 125 cm³/mol. The van der Waals surface area contributed by atoms with Gasteiger partial charge in [0.25, 0.3) is 5.91 Å². The number of nitro groups is 1. The van der Waals surface area contributed by atoms with Crippen LogP contribution in [0.4, 0.5) is 17.2 Å². The molecule has 37 heavy (non-hydrogen) atoms. The number of aliphatic hydroxyl groups excluding tert-OH is 2. The number of carbonyl (C=O) groups excluding carboxylic acids is 1. The van der Waals surface area contributed by atoms with Gasteiger partial charge in [0, 0.05) is 25.7 Å². The third kappa shape index (κ3) is 4.34. The zero-order valence-corrected chi connectivity index (χ0v) is 19.3. The minimum atomic E-state index is -1.43.